The maximum Gasteiger partial charge on any atom is 0.407 e. The molecule has 0 aliphatic carbocycles. The van der Waals surface area contributed by atoms with E-state index in [4.69, 9.17) is 9.84 Å². The maximum absolute atomic E-state index is 11.5. The molecule has 11 nitrogen and oxygen atoms in total. The summed E-state index contributed by atoms with van der Waals surface area (Å²) in [5.74, 6) is 0.835. The van der Waals surface area contributed by atoms with Crippen LogP contribution >= 0.6 is 0 Å². The molecule has 1 amide bonds. The molecule has 0 bridgehead atoms. The van der Waals surface area contributed by atoms with Crippen molar-refractivity contribution >= 4 is 32.8 Å². The Hall–Kier alpha value is -3.41. The van der Waals surface area contributed by atoms with Crippen LogP contribution in [0.15, 0.2) is 30.7 Å². The molecule has 1 saturated heterocycles. The van der Waals surface area contributed by atoms with Crippen molar-refractivity contribution in [2.45, 2.75) is 25.8 Å². The van der Waals surface area contributed by atoms with Gasteiger partial charge in [-0.2, -0.15) is 5.10 Å². The summed E-state index contributed by atoms with van der Waals surface area (Å²) in [4.78, 5) is 21.1. The van der Waals surface area contributed by atoms with Crippen molar-refractivity contribution in [3.05, 3.63) is 36.3 Å². The second kappa shape index (κ2) is 8.02. The molecule has 0 atom stereocenters. The van der Waals surface area contributed by atoms with E-state index in [1.807, 2.05) is 0 Å². The van der Waals surface area contributed by atoms with Gasteiger partial charge in [-0.3, -0.25) is 4.72 Å². The molecule has 3 aromatic rings. The van der Waals surface area contributed by atoms with E-state index in [1.54, 1.807) is 36.0 Å². The van der Waals surface area contributed by atoms with Crippen molar-refractivity contribution in [3.63, 3.8) is 0 Å². The third-order valence-corrected chi connectivity index (χ3v) is 5.73. The Kier molecular flexibility index (Phi) is 5.39. The van der Waals surface area contributed by atoms with Crippen LogP contribution in [-0.2, 0) is 10.0 Å². The summed E-state index contributed by atoms with van der Waals surface area (Å²) in [7, 11) is -3.37. The van der Waals surface area contributed by atoms with E-state index in [0.717, 1.165) is 6.26 Å². The number of sulfonamides is 1. The number of piperidine rings is 1. The summed E-state index contributed by atoms with van der Waals surface area (Å²) >= 11 is 0. The second-order valence-electron chi connectivity index (χ2n) is 7.46. The number of likely N-dealkylation sites (tertiary alicyclic amines) is 1. The standard InChI is InChI=1S/C19H22N6O5S/c1-12-9-14(3-4-16(12)23-31(2,28)29)30-18-15-10-22-25(17(15)20-11-21-18)13-5-7-24(8-6-13)19(26)27/h3-4,9-11,13,23H,5-8H2,1-2H3,(H,26,27). The SMILES string of the molecule is Cc1cc(Oc2ncnc3c2cnn3C2CCN(C(=O)O)CC2)ccc1NS(C)(=O)=O. The van der Waals surface area contributed by atoms with Crippen molar-refractivity contribution in [1.29, 1.82) is 0 Å². The van der Waals surface area contributed by atoms with E-state index in [1.165, 1.54) is 11.2 Å². The van der Waals surface area contributed by atoms with Gasteiger partial charge in [0.15, 0.2) is 5.65 Å². The number of carbonyl (C=O) groups is 1. The number of ether oxygens (including phenoxy) is 1. The molecule has 4 rings (SSSR count). The molecule has 0 radical (unpaired) electrons. The van der Waals surface area contributed by atoms with Crippen LogP contribution in [0.1, 0.15) is 24.4 Å². The molecule has 3 heterocycles. The van der Waals surface area contributed by atoms with Crippen LogP contribution in [-0.4, -0.2) is 63.6 Å². The van der Waals surface area contributed by atoms with Crippen LogP contribution in [0.2, 0.25) is 0 Å². The Labute approximate surface area is 178 Å². The Bertz CT molecular complexity index is 1230. The van der Waals surface area contributed by atoms with Crippen molar-refractivity contribution in [3.8, 4) is 11.6 Å². The van der Waals surface area contributed by atoms with Crippen LogP contribution in [0.5, 0.6) is 11.6 Å². The number of amides is 1. The van der Waals surface area contributed by atoms with Gasteiger partial charge in [-0.15, -0.1) is 0 Å². The molecule has 1 aliphatic heterocycles. The number of hydrogen-bond acceptors (Lipinski definition) is 7. The monoisotopic (exact) mass is 446 g/mol. The smallest absolute Gasteiger partial charge is 0.407 e. The minimum Gasteiger partial charge on any atom is -0.465 e. The molecule has 164 valence electrons. The topological polar surface area (TPSA) is 140 Å². The zero-order chi connectivity index (χ0) is 22.2. The van der Waals surface area contributed by atoms with Gasteiger partial charge in [-0.1, -0.05) is 0 Å². The summed E-state index contributed by atoms with van der Waals surface area (Å²) in [6, 6.07) is 5.04. The molecule has 31 heavy (non-hydrogen) atoms. The Morgan fingerprint density at radius 1 is 1.26 bits per heavy atom. The number of anilines is 1. The van der Waals surface area contributed by atoms with E-state index >= 15 is 0 Å². The predicted octanol–water partition coefficient (Wildman–Crippen LogP) is 2.61. The molecule has 1 fully saturated rings. The summed E-state index contributed by atoms with van der Waals surface area (Å²) in [6.07, 6.45) is 4.52. The van der Waals surface area contributed by atoms with Crippen molar-refractivity contribution in [1.82, 2.24) is 24.6 Å². The number of carboxylic acid groups (broad SMARTS) is 1. The van der Waals surface area contributed by atoms with Crippen LogP contribution in [0.4, 0.5) is 10.5 Å². The highest BCUT2D eigenvalue weighted by molar-refractivity contribution is 7.92. The first-order chi connectivity index (χ1) is 14.7. The Morgan fingerprint density at radius 3 is 2.65 bits per heavy atom. The first kappa shape index (κ1) is 20.8. The molecule has 0 saturated carbocycles. The zero-order valence-electron chi connectivity index (χ0n) is 17.0. The molecule has 2 aromatic heterocycles. The largest absolute Gasteiger partial charge is 0.465 e. The van der Waals surface area contributed by atoms with Crippen molar-refractivity contribution in [2.24, 2.45) is 0 Å². The summed E-state index contributed by atoms with van der Waals surface area (Å²) in [5, 5.41) is 14.2. The second-order valence-corrected chi connectivity index (χ2v) is 9.21. The van der Waals surface area contributed by atoms with Gasteiger partial charge in [0.25, 0.3) is 0 Å². The normalized spacial score (nSPS) is 15.2. The Balaban J connectivity index is 1.56. The Morgan fingerprint density at radius 2 is 2.00 bits per heavy atom. The number of hydrogen-bond donors (Lipinski definition) is 2. The van der Waals surface area contributed by atoms with Gasteiger partial charge in [-0.05, 0) is 43.5 Å². The highest BCUT2D eigenvalue weighted by Gasteiger charge is 2.26. The van der Waals surface area contributed by atoms with E-state index in [9.17, 15) is 13.2 Å². The number of nitrogens with zero attached hydrogens (tertiary/aromatic N) is 5. The minimum absolute atomic E-state index is 0.0412. The minimum atomic E-state index is -3.37. The molecular formula is C19H22N6O5S. The molecular weight excluding hydrogens is 424 g/mol. The van der Waals surface area contributed by atoms with Crippen LogP contribution in [0.25, 0.3) is 11.0 Å². The number of nitrogens with one attached hydrogen (secondary N) is 1. The van der Waals surface area contributed by atoms with E-state index < -0.39 is 16.1 Å². The van der Waals surface area contributed by atoms with E-state index in [0.29, 0.717) is 59.8 Å². The lowest BCUT2D eigenvalue weighted by molar-refractivity contribution is 0.124. The van der Waals surface area contributed by atoms with Gasteiger partial charge in [0, 0.05) is 13.1 Å². The van der Waals surface area contributed by atoms with E-state index in [2.05, 4.69) is 19.8 Å². The summed E-state index contributed by atoms with van der Waals surface area (Å²) in [5.41, 5.74) is 1.79. The highest BCUT2D eigenvalue weighted by Crippen LogP contribution is 2.31. The van der Waals surface area contributed by atoms with Gasteiger partial charge >= 0.3 is 6.09 Å². The first-order valence-corrected chi connectivity index (χ1v) is 11.5. The fourth-order valence-corrected chi connectivity index (χ4v) is 4.25. The van der Waals surface area contributed by atoms with Crippen molar-refractivity contribution in [2.75, 3.05) is 24.1 Å². The predicted molar refractivity (Wildman–Crippen MR) is 113 cm³/mol. The van der Waals surface area contributed by atoms with Crippen LogP contribution < -0.4 is 9.46 Å². The molecule has 0 spiro atoms. The molecule has 2 N–H and O–H groups in total. The average molecular weight is 446 g/mol. The molecule has 12 heteroatoms. The lowest BCUT2D eigenvalue weighted by atomic mass is 10.1. The first-order valence-electron chi connectivity index (χ1n) is 9.63. The van der Waals surface area contributed by atoms with E-state index in [-0.39, 0.29) is 6.04 Å². The number of benzene rings is 1. The highest BCUT2D eigenvalue weighted by atomic mass is 32.2. The van der Waals surface area contributed by atoms with Crippen LogP contribution in [0, 0.1) is 6.92 Å². The summed E-state index contributed by atoms with van der Waals surface area (Å²) < 4.78 is 33.1. The van der Waals surface area contributed by atoms with Crippen LogP contribution in [0.3, 0.4) is 0 Å². The number of rotatable bonds is 5. The fraction of sp³-hybridized carbons (Fsp3) is 0.368. The van der Waals surface area contributed by atoms with Gasteiger partial charge in [0.1, 0.15) is 17.5 Å². The summed E-state index contributed by atoms with van der Waals surface area (Å²) in [6.45, 7) is 2.67. The van der Waals surface area contributed by atoms with Crippen molar-refractivity contribution < 1.29 is 23.1 Å². The molecule has 1 aromatic carbocycles. The van der Waals surface area contributed by atoms with Gasteiger partial charge in [0.05, 0.1) is 24.2 Å². The quantitative estimate of drug-likeness (QED) is 0.610. The third kappa shape index (κ3) is 4.53. The van der Waals surface area contributed by atoms with Gasteiger partial charge < -0.3 is 14.7 Å². The lowest BCUT2D eigenvalue weighted by Gasteiger charge is -2.30. The fourth-order valence-electron chi connectivity index (χ4n) is 3.62. The number of aryl methyl sites for hydroxylation is 1. The third-order valence-electron chi connectivity index (χ3n) is 5.14. The molecule has 1 aliphatic rings. The zero-order valence-corrected chi connectivity index (χ0v) is 17.8. The maximum atomic E-state index is 11.5. The molecule has 0 unspecified atom stereocenters. The van der Waals surface area contributed by atoms with Gasteiger partial charge in [-0.25, -0.2) is 27.9 Å². The number of aromatic nitrogens is 4. The average Bonchev–Trinajstić information content (AvgIpc) is 3.14. The number of fused-ring (bicyclic) bond motifs is 1. The van der Waals surface area contributed by atoms with Gasteiger partial charge in [0.2, 0.25) is 15.9 Å². The lowest BCUT2D eigenvalue weighted by Crippen LogP contribution is -2.38.